The first kappa shape index (κ1) is 25.1. The van der Waals surface area contributed by atoms with E-state index in [2.05, 4.69) is 20.8 Å². The van der Waals surface area contributed by atoms with Crippen molar-refractivity contribution in [3.05, 3.63) is 74.6 Å². The number of nitro benzene ring substituents is 1. The van der Waals surface area contributed by atoms with Crippen LogP contribution in [0.3, 0.4) is 0 Å². The zero-order chi connectivity index (χ0) is 24.8. The summed E-state index contributed by atoms with van der Waals surface area (Å²) in [6.07, 6.45) is 0. The van der Waals surface area contributed by atoms with Gasteiger partial charge in [0, 0.05) is 19.2 Å². The summed E-state index contributed by atoms with van der Waals surface area (Å²) in [7, 11) is 1.64. The highest BCUT2D eigenvalue weighted by molar-refractivity contribution is 7.99. The molecule has 11 nitrogen and oxygen atoms in total. The molecule has 3 rings (SSSR count). The molecular weight excluding hydrogens is 484 g/mol. The van der Waals surface area contributed by atoms with Crippen molar-refractivity contribution in [1.29, 1.82) is 0 Å². The van der Waals surface area contributed by atoms with Crippen molar-refractivity contribution < 1.29 is 19.6 Å². The van der Waals surface area contributed by atoms with Crippen molar-refractivity contribution in [3.63, 3.8) is 0 Å². The van der Waals surface area contributed by atoms with Crippen molar-refractivity contribution >= 4 is 46.6 Å². The number of hydrogen-bond donors (Lipinski definition) is 3. The van der Waals surface area contributed by atoms with E-state index in [1.165, 1.54) is 12.1 Å². The first-order chi connectivity index (χ1) is 16.2. The lowest BCUT2D eigenvalue weighted by Crippen LogP contribution is -2.32. The van der Waals surface area contributed by atoms with Gasteiger partial charge in [-0.15, -0.1) is 10.2 Å². The minimum atomic E-state index is -0.850. The van der Waals surface area contributed by atoms with E-state index in [0.717, 1.165) is 11.8 Å². The minimum Gasteiger partial charge on any atom is -0.394 e. The standard InChI is InChI=1S/C21H21ClN6O5S/c1-12-7-8-13(28(32)33)9-16(12)23-18(30)11-34-21-26-25-19(27(21)2)17(10-29)24-20(31)14-5-3-4-6-15(14)22/h3-9,17,29H,10-11H2,1-2H3,(H,23,30)(H,24,31)/t17-/m0/s1. The summed E-state index contributed by atoms with van der Waals surface area (Å²) in [6, 6.07) is 9.89. The molecule has 0 aliphatic carbocycles. The van der Waals surface area contributed by atoms with Crippen LogP contribution in [-0.4, -0.2) is 49.0 Å². The van der Waals surface area contributed by atoms with Crippen LogP contribution >= 0.6 is 23.4 Å². The highest BCUT2D eigenvalue weighted by Crippen LogP contribution is 2.24. The van der Waals surface area contributed by atoms with Gasteiger partial charge in [-0.25, -0.2) is 0 Å². The Labute approximate surface area is 203 Å². The van der Waals surface area contributed by atoms with Crippen molar-refractivity contribution in [3.8, 4) is 0 Å². The Balaban J connectivity index is 1.65. The third-order valence-electron chi connectivity index (χ3n) is 4.83. The lowest BCUT2D eigenvalue weighted by molar-refractivity contribution is -0.384. The second kappa shape index (κ2) is 11.1. The Hall–Kier alpha value is -3.48. The van der Waals surface area contributed by atoms with Crippen molar-refractivity contribution in [2.75, 3.05) is 17.7 Å². The topological polar surface area (TPSA) is 152 Å². The van der Waals surface area contributed by atoms with E-state index in [0.29, 0.717) is 22.2 Å². The number of nitro groups is 1. The number of amides is 2. The summed E-state index contributed by atoms with van der Waals surface area (Å²) in [6.45, 7) is 1.30. The number of rotatable bonds is 9. The van der Waals surface area contributed by atoms with Crippen LogP contribution in [-0.2, 0) is 11.8 Å². The van der Waals surface area contributed by atoms with Gasteiger partial charge in [0.2, 0.25) is 5.91 Å². The molecule has 0 saturated heterocycles. The normalized spacial score (nSPS) is 11.6. The number of aryl methyl sites for hydroxylation is 1. The van der Waals surface area contributed by atoms with E-state index in [1.807, 2.05) is 0 Å². The molecule has 13 heteroatoms. The molecule has 34 heavy (non-hydrogen) atoms. The molecule has 1 atom stereocenters. The monoisotopic (exact) mass is 504 g/mol. The van der Waals surface area contributed by atoms with Gasteiger partial charge in [0.05, 0.1) is 33.6 Å². The molecule has 178 valence electrons. The molecular formula is C21H21ClN6O5S. The fourth-order valence-electron chi connectivity index (χ4n) is 3.00. The van der Waals surface area contributed by atoms with Crippen molar-refractivity contribution in [2.45, 2.75) is 18.1 Å². The maximum atomic E-state index is 12.5. The van der Waals surface area contributed by atoms with Gasteiger partial charge in [-0.1, -0.05) is 41.6 Å². The maximum Gasteiger partial charge on any atom is 0.271 e. The van der Waals surface area contributed by atoms with Crippen LogP contribution in [0.2, 0.25) is 5.02 Å². The van der Waals surface area contributed by atoms with E-state index in [9.17, 15) is 24.8 Å². The van der Waals surface area contributed by atoms with Crippen LogP contribution in [0.1, 0.15) is 27.8 Å². The van der Waals surface area contributed by atoms with Crippen LogP contribution in [0.4, 0.5) is 11.4 Å². The Bertz CT molecular complexity index is 1230. The van der Waals surface area contributed by atoms with E-state index in [4.69, 9.17) is 11.6 Å². The second-order valence-electron chi connectivity index (χ2n) is 7.18. The molecule has 3 N–H and O–H groups in total. The average molecular weight is 505 g/mol. The summed E-state index contributed by atoms with van der Waals surface area (Å²) >= 11 is 7.14. The van der Waals surface area contributed by atoms with Crippen molar-refractivity contribution in [2.24, 2.45) is 7.05 Å². The van der Waals surface area contributed by atoms with E-state index in [-0.39, 0.29) is 27.9 Å². The predicted molar refractivity (Wildman–Crippen MR) is 127 cm³/mol. The zero-order valence-corrected chi connectivity index (χ0v) is 19.8. The number of thioether (sulfide) groups is 1. The van der Waals surface area contributed by atoms with Crippen LogP contribution in [0, 0.1) is 17.0 Å². The molecule has 0 fully saturated rings. The summed E-state index contributed by atoms with van der Waals surface area (Å²) in [5, 5.41) is 34.8. The summed E-state index contributed by atoms with van der Waals surface area (Å²) in [5.74, 6) is -0.609. The van der Waals surface area contributed by atoms with Crippen LogP contribution in [0.15, 0.2) is 47.6 Å². The van der Waals surface area contributed by atoms with Gasteiger partial charge < -0.3 is 20.3 Å². The number of aliphatic hydroxyl groups excluding tert-OH is 1. The summed E-state index contributed by atoms with van der Waals surface area (Å²) in [5.41, 5.74) is 1.17. The molecule has 1 aromatic heterocycles. The molecule has 0 radical (unpaired) electrons. The smallest absolute Gasteiger partial charge is 0.271 e. The molecule has 2 aromatic carbocycles. The van der Waals surface area contributed by atoms with Crippen LogP contribution in [0.25, 0.3) is 0 Å². The van der Waals surface area contributed by atoms with Gasteiger partial charge in [0.1, 0.15) is 6.04 Å². The van der Waals surface area contributed by atoms with E-state index < -0.39 is 23.5 Å². The van der Waals surface area contributed by atoms with Gasteiger partial charge in [-0.3, -0.25) is 19.7 Å². The third kappa shape index (κ3) is 5.90. The SMILES string of the molecule is Cc1ccc([N+](=O)[O-])cc1NC(=O)CSc1nnc([C@H](CO)NC(=O)c2ccccc2Cl)n1C. The molecule has 0 aliphatic heterocycles. The van der Waals surface area contributed by atoms with Crippen LogP contribution in [0.5, 0.6) is 0 Å². The molecule has 3 aromatic rings. The highest BCUT2D eigenvalue weighted by Gasteiger charge is 2.23. The summed E-state index contributed by atoms with van der Waals surface area (Å²) < 4.78 is 1.56. The molecule has 0 aliphatic rings. The average Bonchev–Trinajstić information content (AvgIpc) is 3.17. The lowest BCUT2D eigenvalue weighted by Gasteiger charge is -2.16. The quantitative estimate of drug-likeness (QED) is 0.228. The van der Waals surface area contributed by atoms with Crippen LogP contribution < -0.4 is 10.6 Å². The van der Waals surface area contributed by atoms with E-state index >= 15 is 0 Å². The Kier molecular flexibility index (Phi) is 8.21. The third-order valence-corrected chi connectivity index (χ3v) is 6.17. The van der Waals surface area contributed by atoms with E-state index in [1.54, 1.807) is 48.9 Å². The number of aliphatic hydroxyl groups is 1. The first-order valence-corrected chi connectivity index (χ1v) is 11.3. The molecule has 0 bridgehead atoms. The number of halogens is 1. The number of nitrogens with zero attached hydrogens (tertiary/aromatic N) is 4. The predicted octanol–water partition coefficient (Wildman–Crippen LogP) is 2.88. The Morgan fingerprint density at radius 1 is 1.26 bits per heavy atom. The highest BCUT2D eigenvalue weighted by atomic mass is 35.5. The Morgan fingerprint density at radius 2 is 2.00 bits per heavy atom. The molecule has 0 saturated carbocycles. The minimum absolute atomic E-state index is 0.0378. The lowest BCUT2D eigenvalue weighted by atomic mass is 10.2. The number of hydrogen-bond acceptors (Lipinski definition) is 8. The second-order valence-corrected chi connectivity index (χ2v) is 8.53. The largest absolute Gasteiger partial charge is 0.394 e. The fourth-order valence-corrected chi connectivity index (χ4v) is 3.94. The first-order valence-electron chi connectivity index (χ1n) is 9.94. The number of non-ortho nitro benzene ring substituents is 1. The zero-order valence-electron chi connectivity index (χ0n) is 18.2. The van der Waals surface area contributed by atoms with Gasteiger partial charge in [0.25, 0.3) is 11.6 Å². The molecule has 0 unspecified atom stereocenters. The number of carbonyl (C=O) groups is 2. The molecule has 2 amide bonds. The van der Waals surface area contributed by atoms with Gasteiger partial charge in [0.15, 0.2) is 11.0 Å². The fraction of sp³-hybridized carbons (Fsp3) is 0.238. The number of anilines is 1. The maximum absolute atomic E-state index is 12.5. The number of nitrogens with one attached hydrogen (secondary N) is 2. The molecule has 0 spiro atoms. The molecule has 1 heterocycles. The summed E-state index contributed by atoms with van der Waals surface area (Å²) in [4.78, 5) is 35.4. The Morgan fingerprint density at radius 3 is 2.68 bits per heavy atom. The van der Waals surface area contributed by atoms with Gasteiger partial charge >= 0.3 is 0 Å². The van der Waals surface area contributed by atoms with Gasteiger partial charge in [-0.05, 0) is 24.6 Å². The number of carbonyl (C=O) groups excluding carboxylic acids is 2. The van der Waals surface area contributed by atoms with Gasteiger partial charge in [-0.2, -0.15) is 0 Å². The number of aromatic nitrogens is 3. The van der Waals surface area contributed by atoms with Crippen molar-refractivity contribution in [1.82, 2.24) is 20.1 Å². The number of benzene rings is 2.